The van der Waals surface area contributed by atoms with E-state index in [-0.39, 0.29) is 5.91 Å². The first-order chi connectivity index (χ1) is 9.63. The Balaban J connectivity index is 2.84. The second-order valence-electron chi connectivity index (χ2n) is 4.56. The van der Waals surface area contributed by atoms with Gasteiger partial charge < -0.3 is 19.7 Å². The Bertz CT molecular complexity index is 427. The Morgan fingerprint density at radius 1 is 1.20 bits per heavy atom. The summed E-state index contributed by atoms with van der Waals surface area (Å²) < 4.78 is 10.1. The van der Waals surface area contributed by atoms with E-state index in [1.54, 1.807) is 19.1 Å². The van der Waals surface area contributed by atoms with Gasteiger partial charge in [-0.05, 0) is 30.7 Å². The lowest BCUT2D eigenvalue weighted by Crippen LogP contribution is -2.36. The summed E-state index contributed by atoms with van der Waals surface area (Å²) in [4.78, 5) is 14.3. The minimum atomic E-state index is 0.00449. The van der Waals surface area contributed by atoms with Crippen LogP contribution in [0.15, 0.2) is 18.2 Å². The molecule has 1 amide bonds. The van der Waals surface area contributed by atoms with Gasteiger partial charge in [-0.25, -0.2) is 0 Å². The van der Waals surface area contributed by atoms with Crippen molar-refractivity contribution in [2.24, 2.45) is 0 Å². The molecule has 0 aliphatic rings. The predicted molar refractivity (Wildman–Crippen MR) is 80.4 cm³/mol. The molecule has 0 unspecified atom stereocenters. The minimum Gasteiger partial charge on any atom is -0.388 e. The van der Waals surface area contributed by atoms with Gasteiger partial charge in [-0.1, -0.05) is 0 Å². The lowest BCUT2D eigenvalue weighted by molar-refractivity contribution is 0.0627. The van der Waals surface area contributed by atoms with Crippen molar-refractivity contribution >= 4 is 11.6 Å². The SMILES string of the molecule is CNc1ccc(C(=O)N(CCOC)CCOC)cc1C. The van der Waals surface area contributed by atoms with Crippen LogP contribution in [0.5, 0.6) is 0 Å². The van der Waals surface area contributed by atoms with E-state index in [4.69, 9.17) is 9.47 Å². The van der Waals surface area contributed by atoms with Gasteiger partial charge >= 0.3 is 0 Å². The number of aryl methyl sites for hydroxylation is 1. The molecule has 0 atom stereocenters. The van der Waals surface area contributed by atoms with Gasteiger partial charge in [-0.15, -0.1) is 0 Å². The number of hydrogen-bond donors (Lipinski definition) is 1. The van der Waals surface area contributed by atoms with Crippen LogP contribution in [0.4, 0.5) is 5.69 Å². The number of rotatable bonds is 8. The molecular weight excluding hydrogens is 256 g/mol. The lowest BCUT2D eigenvalue weighted by Gasteiger charge is -2.22. The maximum absolute atomic E-state index is 12.5. The fourth-order valence-corrected chi connectivity index (χ4v) is 1.98. The highest BCUT2D eigenvalue weighted by Gasteiger charge is 2.16. The molecule has 1 aromatic carbocycles. The third-order valence-corrected chi connectivity index (χ3v) is 3.16. The Morgan fingerprint density at radius 2 is 1.80 bits per heavy atom. The van der Waals surface area contributed by atoms with Crippen LogP contribution in [-0.4, -0.2) is 58.4 Å². The summed E-state index contributed by atoms with van der Waals surface area (Å²) in [6.07, 6.45) is 0. The number of hydrogen-bond acceptors (Lipinski definition) is 4. The Hall–Kier alpha value is -1.59. The number of methoxy groups -OCH3 is 2. The molecule has 0 aromatic heterocycles. The summed E-state index contributed by atoms with van der Waals surface area (Å²) in [6, 6.07) is 5.67. The molecule has 0 radical (unpaired) electrons. The van der Waals surface area contributed by atoms with Crippen LogP contribution in [0.1, 0.15) is 15.9 Å². The van der Waals surface area contributed by atoms with Crippen LogP contribution >= 0.6 is 0 Å². The molecule has 5 nitrogen and oxygen atoms in total. The third kappa shape index (κ3) is 4.51. The zero-order chi connectivity index (χ0) is 15.0. The van der Waals surface area contributed by atoms with E-state index in [9.17, 15) is 4.79 Å². The van der Waals surface area contributed by atoms with E-state index in [1.165, 1.54) is 0 Å². The lowest BCUT2D eigenvalue weighted by atomic mass is 10.1. The van der Waals surface area contributed by atoms with Crippen LogP contribution < -0.4 is 5.32 Å². The van der Waals surface area contributed by atoms with E-state index < -0.39 is 0 Å². The second-order valence-corrected chi connectivity index (χ2v) is 4.56. The highest BCUT2D eigenvalue weighted by molar-refractivity contribution is 5.95. The van der Waals surface area contributed by atoms with Gasteiger partial charge in [-0.3, -0.25) is 4.79 Å². The molecule has 0 aliphatic heterocycles. The molecule has 0 spiro atoms. The van der Waals surface area contributed by atoms with Gasteiger partial charge in [-0.2, -0.15) is 0 Å². The molecule has 1 N–H and O–H groups in total. The van der Waals surface area contributed by atoms with Crippen LogP contribution in [0.25, 0.3) is 0 Å². The fourth-order valence-electron chi connectivity index (χ4n) is 1.98. The standard InChI is InChI=1S/C15H24N2O3/c1-12-11-13(5-6-14(12)16-2)15(18)17(7-9-19-3)8-10-20-4/h5-6,11,16H,7-10H2,1-4H3. The monoisotopic (exact) mass is 280 g/mol. The van der Waals surface area contributed by atoms with Gasteiger partial charge in [0, 0.05) is 45.6 Å². The van der Waals surface area contributed by atoms with Crippen LogP contribution in [-0.2, 0) is 9.47 Å². The Kier molecular flexibility index (Phi) is 7.04. The molecule has 5 heteroatoms. The van der Waals surface area contributed by atoms with E-state index in [2.05, 4.69) is 5.32 Å². The first kappa shape index (κ1) is 16.5. The molecule has 112 valence electrons. The third-order valence-electron chi connectivity index (χ3n) is 3.16. The van der Waals surface area contributed by atoms with Crippen molar-refractivity contribution in [2.45, 2.75) is 6.92 Å². The van der Waals surface area contributed by atoms with Crippen molar-refractivity contribution in [3.8, 4) is 0 Å². The van der Waals surface area contributed by atoms with E-state index in [0.29, 0.717) is 31.9 Å². The van der Waals surface area contributed by atoms with Gasteiger partial charge in [0.2, 0.25) is 0 Å². The van der Waals surface area contributed by atoms with Crippen molar-refractivity contribution in [2.75, 3.05) is 52.9 Å². The van der Waals surface area contributed by atoms with Crippen LogP contribution in [0, 0.1) is 6.92 Å². The first-order valence-corrected chi connectivity index (χ1v) is 6.69. The number of carbonyl (C=O) groups excluding carboxylic acids is 1. The summed E-state index contributed by atoms with van der Waals surface area (Å²) in [5.74, 6) is 0.00449. The van der Waals surface area contributed by atoms with Gasteiger partial charge in [0.05, 0.1) is 13.2 Å². The number of benzene rings is 1. The van der Waals surface area contributed by atoms with Crippen molar-refractivity contribution in [1.82, 2.24) is 4.90 Å². The van der Waals surface area contributed by atoms with Crippen molar-refractivity contribution in [1.29, 1.82) is 0 Å². The van der Waals surface area contributed by atoms with Crippen molar-refractivity contribution in [3.63, 3.8) is 0 Å². The highest BCUT2D eigenvalue weighted by Crippen LogP contribution is 2.17. The maximum atomic E-state index is 12.5. The average Bonchev–Trinajstić information content (AvgIpc) is 2.46. The maximum Gasteiger partial charge on any atom is 0.254 e. The highest BCUT2D eigenvalue weighted by atomic mass is 16.5. The zero-order valence-corrected chi connectivity index (χ0v) is 12.7. The van der Waals surface area contributed by atoms with Gasteiger partial charge in [0.25, 0.3) is 5.91 Å². The number of anilines is 1. The number of nitrogens with zero attached hydrogens (tertiary/aromatic N) is 1. The Morgan fingerprint density at radius 3 is 2.25 bits per heavy atom. The molecule has 1 aromatic rings. The largest absolute Gasteiger partial charge is 0.388 e. The summed E-state index contributed by atoms with van der Waals surface area (Å²) in [6.45, 7) is 4.14. The topological polar surface area (TPSA) is 50.8 Å². The van der Waals surface area contributed by atoms with Gasteiger partial charge in [0.15, 0.2) is 0 Å². The molecule has 0 aliphatic carbocycles. The summed E-state index contributed by atoms with van der Waals surface area (Å²) in [5.41, 5.74) is 2.77. The van der Waals surface area contributed by atoms with Crippen LogP contribution in [0.2, 0.25) is 0 Å². The molecule has 1 rings (SSSR count). The molecule has 0 fully saturated rings. The van der Waals surface area contributed by atoms with Crippen molar-refractivity contribution in [3.05, 3.63) is 29.3 Å². The minimum absolute atomic E-state index is 0.00449. The van der Waals surface area contributed by atoms with Crippen molar-refractivity contribution < 1.29 is 14.3 Å². The summed E-state index contributed by atoms with van der Waals surface area (Å²) >= 11 is 0. The first-order valence-electron chi connectivity index (χ1n) is 6.69. The molecule has 0 bridgehead atoms. The Labute approximate surface area is 120 Å². The number of nitrogens with one attached hydrogen (secondary N) is 1. The quantitative estimate of drug-likeness (QED) is 0.788. The molecular formula is C15H24N2O3. The fraction of sp³-hybridized carbons (Fsp3) is 0.533. The normalized spacial score (nSPS) is 10.4. The number of carbonyl (C=O) groups is 1. The van der Waals surface area contributed by atoms with E-state index in [0.717, 1.165) is 11.3 Å². The summed E-state index contributed by atoms with van der Waals surface area (Å²) in [7, 11) is 5.13. The average molecular weight is 280 g/mol. The molecule has 0 saturated heterocycles. The van der Waals surface area contributed by atoms with E-state index >= 15 is 0 Å². The van der Waals surface area contributed by atoms with Gasteiger partial charge in [0.1, 0.15) is 0 Å². The number of ether oxygens (including phenoxy) is 2. The molecule has 20 heavy (non-hydrogen) atoms. The zero-order valence-electron chi connectivity index (χ0n) is 12.7. The van der Waals surface area contributed by atoms with Crippen LogP contribution in [0.3, 0.4) is 0 Å². The number of amides is 1. The van der Waals surface area contributed by atoms with E-state index in [1.807, 2.05) is 32.2 Å². The smallest absolute Gasteiger partial charge is 0.254 e. The second kappa shape index (κ2) is 8.55. The summed E-state index contributed by atoms with van der Waals surface area (Å²) in [5, 5.41) is 3.09. The molecule has 0 saturated carbocycles. The predicted octanol–water partition coefficient (Wildman–Crippen LogP) is 1.77. The molecule has 0 heterocycles.